The first-order valence-electron chi connectivity index (χ1n) is 6.08. The zero-order valence-electron chi connectivity index (χ0n) is 11.2. The molecule has 0 amide bonds. The fraction of sp³-hybridized carbons (Fsp3) is 0.133. The summed E-state index contributed by atoms with van der Waals surface area (Å²) in [6, 6.07) is 12.1. The number of carbonyl (C=O) groups excluding carboxylic acids is 1. The predicted octanol–water partition coefficient (Wildman–Crippen LogP) is 3.20. The second kappa shape index (κ2) is 6.41. The van der Waals surface area contributed by atoms with E-state index in [-0.39, 0.29) is 22.0 Å². The van der Waals surface area contributed by atoms with E-state index >= 15 is 0 Å². The molecule has 3 nitrogen and oxygen atoms in total. The Morgan fingerprint density at radius 3 is 2.29 bits per heavy atom. The lowest BCUT2D eigenvalue weighted by Crippen LogP contribution is -2.05. The molecule has 0 aliphatic rings. The van der Waals surface area contributed by atoms with Gasteiger partial charge in [-0.25, -0.2) is 12.8 Å². The van der Waals surface area contributed by atoms with E-state index in [2.05, 4.69) is 0 Å². The number of ketones is 1. The average molecular weight is 324 g/mol. The van der Waals surface area contributed by atoms with Crippen LogP contribution >= 0.6 is 11.8 Å². The standard InChI is InChI=1S/C15H13FO3S2/c1-21(18,19)12-8-6-11(7-9-12)20-10-15(17)13-4-2-3-5-14(13)16/h2-9H,10H2,1H3. The molecule has 0 saturated heterocycles. The summed E-state index contributed by atoms with van der Waals surface area (Å²) < 4.78 is 36.1. The minimum Gasteiger partial charge on any atom is -0.293 e. The molecule has 0 aliphatic carbocycles. The van der Waals surface area contributed by atoms with Gasteiger partial charge in [0.2, 0.25) is 0 Å². The van der Waals surface area contributed by atoms with Crippen LogP contribution in [0.3, 0.4) is 0 Å². The summed E-state index contributed by atoms with van der Waals surface area (Å²) in [5, 5.41) is 0. The molecule has 2 aromatic rings. The molecule has 110 valence electrons. The van der Waals surface area contributed by atoms with E-state index in [0.717, 1.165) is 11.2 Å². The number of hydrogen-bond acceptors (Lipinski definition) is 4. The van der Waals surface area contributed by atoms with Crippen molar-refractivity contribution in [3.8, 4) is 0 Å². The highest BCUT2D eigenvalue weighted by Crippen LogP contribution is 2.22. The predicted molar refractivity (Wildman–Crippen MR) is 81.0 cm³/mol. The number of sulfone groups is 1. The number of hydrogen-bond donors (Lipinski definition) is 0. The van der Waals surface area contributed by atoms with Crippen molar-refractivity contribution >= 4 is 27.4 Å². The van der Waals surface area contributed by atoms with Crippen molar-refractivity contribution in [2.24, 2.45) is 0 Å². The van der Waals surface area contributed by atoms with Crippen LogP contribution in [0.2, 0.25) is 0 Å². The molecular weight excluding hydrogens is 311 g/mol. The number of benzene rings is 2. The first-order chi connectivity index (χ1) is 9.88. The van der Waals surface area contributed by atoms with E-state index in [1.807, 2.05) is 0 Å². The van der Waals surface area contributed by atoms with E-state index < -0.39 is 15.7 Å². The Morgan fingerprint density at radius 2 is 1.71 bits per heavy atom. The van der Waals surface area contributed by atoms with Crippen LogP contribution in [0.25, 0.3) is 0 Å². The summed E-state index contributed by atoms with van der Waals surface area (Å²) in [5.74, 6) is -0.736. The number of thioether (sulfide) groups is 1. The molecule has 0 atom stereocenters. The number of rotatable bonds is 5. The largest absolute Gasteiger partial charge is 0.293 e. The second-order valence-electron chi connectivity index (χ2n) is 4.44. The fourth-order valence-corrected chi connectivity index (χ4v) is 3.11. The molecule has 0 unspecified atom stereocenters. The molecule has 0 heterocycles. The summed E-state index contributed by atoms with van der Waals surface area (Å²) in [5.41, 5.74) is 0.0674. The SMILES string of the molecule is CS(=O)(=O)c1ccc(SCC(=O)c2ccccc2F)cc1. The van der Waals surface area contributed by atoms with Crippen LogP contribution < -0.4 is 0 Å². The number of Topliss-reactive ketones (excluding diaryl/α,β-unsaturated/α-hetero) is 1. The van der Waals surface area contributed by atoms with Gasteiger partial charge in [-0.05, 0) is 36.4 Å². The van der Waals surface area contributed by atoms with Crippen LogP contribution in [0.15, 0.2) is 58.3 Å². The summed E-state index contributed by atoms with van der Waals surface area (Å²) in [6.45, 7) is 0. The van der Waals surface area contributed by atoms with Crippen molar-refractivity contribution in [2.45, 2.75) is 9.79 Å². The highest BCUT2D eigenvalue weighted by Gasteiger charge is 2.12. The average Bonchev–Trinajstić information content (AvgIpc) is 2.45. The van der Waals surface area contributed by atoms with Crippen LogP contribution in [-0.2, 0) is 9.84 Å². The Balaban J connectivity index is 2.04. The second-order valence-corrected chi connectivity index (χ2v) is 7.50. The Morgan fingerprint density at radius 1 is 1.10 bits per heavy atom. The molecular formula is C15H13FO3S2. The zero-order chi connectivity index (χ0) is 15.5. The van der Waals surface area contributed by atoms with Gasteiger partial charge in [0, 0.05) is 11.2 Å². The number of carbonyl (C=O) groups is 1. The van der Waals surface area contributed by atoms with E-state index in [1.165, 1.54) is 42.1 Å². The quantitative estimate of drug-likeness (QED) is 0.626. The molecule has 0 radical (unpaired) electrons. The van der Waals surface area contributed by atoms with Crippen molar-refractivity contribution in [1.29, 1.82) is 0 Å². The van der Waals surface area contributed by atoms with Gasteiger partial charge in [-0.15, -0.1) is 11.8 Å². The van der Waals surface area contributed by atoms with E-state index in [1.54, 1.807) is 18.2 Å². The van der Waals surface area contributed by atoms with Crippen molar-refractivity contribution in [3.63, 3.8) is 0 Å². The third kappa shape index (κ3) is 4.15. The van der Waals surface area contributed by atoms with Crippen molar-refractivity contribution < 1.29 is 17.6 Å². The maximum atomic E-state index is 13.5. The van der Waals surface area contributed by atoms with Crippen molar-refractivity contribution in [2.75, 3.05) is 12.0 Å². The molecule has 0 spiro atoms. The molecule has 2 aromatic carbocycles. The monoisotopic (exact) mass is 324 g/mol. The highest BCUT2D eigenvalue weighted by atomic mass is 32.2. The molecule has 6 heteroatoms. The number of halogens is 1. The van der Waals surface area contributed by atoms with Crippen LogP contribution in [0.4, 0.5) is 4.39 Å². The highest BCUT2D eigenvalue weighted by molar-refractivity contribution is 8.00. The Labute approximate surface area is 127 Å². The molecule has 2 rings (SSSR count). The maximum absolute atomic E-state index is 13.5. The molecule has 0 aliphatic heterocycles. The van der Waals surface area contributed by atoms with Gasteiger partial charge in [0.25, 0.3) is 0 Å². The Hall–Kier alpha value is -1.66. The lowest BCUT2D eigenvalue weighted by atomic mass is 10.1. The van der Waals surface area contributed by atoms with Gasteiger partial charge in [-0.2, -0.15) is 0 Å². The molecule has 0 N–H and O–H groups in total. The van der Waals surface area contributed by atoms with Crippen LogP contribution in [-0.4, -0.2) is 26.2 Å². The van der Waals surface area contributed by atoms with Gasteiger partial charge >= 0.3 is 0 Å². The third-order valence-electron chi connectivity index (χ3n) is 2.80. The molecule has 0 saturated carbocycles. The fourth-order valence-electron chi connectivity index (χ4n) is 1.70. The Kier molecular flexibility index (Phi) is 4.80. The first-order valence-corrected chi connectivity index (χ1v) is 8.96. The van der Waals surface area contributed by atoms with Crippen molar-refractivity contribution in [3.05, 3.63) is 59.9 Å². The minimum atomic E-state index is -3.23. The van der Waals surface area contributed by atoms with E-state index in [0.29, 0.717) is 0 Å². The molecule has 21 heavy (non-hydrogen) atoms. The van der Waals surface area contributed by atoms with Crippen molar-refractivity contribution in [1.82, 2.24) is 0 Å². The smallest absolute Gasteiger partial charge is 0.176 e. The maximum Gasteiger partial charge on any atom is 0.176 e. The normalized spacial score (nSPS) is 11.3. The Bertz CT molecular complexity index is 753. The van der Waals surface area contributed by atoms with Gasteiger partial charge in [-0.1, -0.05) is 12.1 Å². The van der Waals surface area contributed by atoms with Gasteiger partial charge in [0.15, 0.2) is 15.6 Å². The van der Waals surface area contributed by atoms with Crippen LogP contribution in [0.5, 0.6) is 0 Å². The minimum absolute atomic E-state index is 0.0674. The third-order valence-corrected chi connectivity index (χ3v) is 4.94. The lowest BCUT2D eigenvalue weighted by molar-refractivity contribution is 0.101. The van der Waals surface area contributed by atoms with Gasteiger partial charge in [0.05, 0.1) is 16.2 Å². The van der Waals surface area contributed by atoms with Gasteiger partial charge < -0.3 is 0 Å². The first kappa shape index (κ1) is 15.7. The van der Waals surface area contributed by atoms with Crippen LogP contribution in [0.1, 0.15) is 10.4 Å². The lowest BCUT2D eigenvalue weighted by Gasteiger charge is -2.04. The van der Waals surface area contributed by atoms with Crippen LogP contribution in [0, 0.1) is 5.82 Å². The van der Waals surface area contributed by atoms with E-state index in [4.69, 9.17) is 0 Å². The molecule has 0 fully saturated rings. The molecule has 0 bridgehead atoms. The topological polar surface area (TPSA) is 51.2 Å². The summed E-state index contributed by atoms with van der Waals surface area (Å²) in [6.07, 6.45) is 1.14. The van der Waals surface area contributed by atoms with Gasteiger partial charge in [-0.3, -0.25) is 4.79 Å². The van der Waals surface area contributed by atoms with E-state index in [9.17, 15) is 17.6 Å². The summed E-state index contributed by atoms with van der Waals surface area (Å²) >= 11 is 1.24. The summed E-state index contributed by atoms with van der Waals surface area (Å²) in [4.78, 5) is 12.9. The zero-order valence-corrected chi connectivity index (χ0v) is 12.9. The summed E-state index contributed by atoms with van der Waals surface area (Å²) in [7, 11) is -3.23. The molecule has 0 aromatic heterocycles. The van der Waals surface area contributed by atoms with Gasteiger partial charge in [0.1, 0.15) is 5.82 Å².